The third-order valence-electron chi connectivity index (χ3n) is 6.31. The summed E-state index contributed by atoms with van der Waals surface area (Å²) in [6.45, 7) is 10.4. The van der Waals surface area contributed by atoms with Gasteiger partial charge in [0.15, 0.2) is 0 Å². The van der Waals surface area contributed by atoms with Crippen molar-refractivity contribution in [3.63, 3.8) is 0 Å². The summed E-state index contributed by atoms with van der Waals surface area (Å²) in [5, 5.41) is 4.30. The summed E-state index contributed by atoms with van der Waals surface area (Å²) in [6.07, 6.45) is 4.01. The number of hydrogen-bond acceptors (Lipinski definition) is 1. The van der Waals surface area contributed by atoms with E-state index < -0.39 is 0 Å². The molecule has 0 bridgehead atoms. The first kappa shape index (κ1) is 19.8. The summed E-state index contributed by atoms with van der Waals surface area (Å²) in [7, 11) is 0. The number of nitrogens with zero attached hydrogens (tertiary/aromatic N) is 1. The fraction of sp³-hybridized carbons (Fsp3) is 0.423. The van der Waals surface area contributed by atoms with Crippen LogP contribution in [0.15, 0.2) is 48.5 Å². The second-order valence-electron chi connectivity index (χ2n) is 9.60. The number of hydrogen-bond donors (Lipinski definition) is 1. The van der Waals surface area contributed by atoms with Crippen molar-refractivity contribution in [2.45, 2.75) is 65.5 Å². The molecule has 1 N–H and O–H groups in total. The molecule has 1 heterocycles. The second kappa shape index (κ2) is 7.70. The van der Waals surface area contributed by atoms with Gasteiger partial charge in [0.25, 0.3) is 5.91 Å². The van der Waals surface area contributed by atoms with Gasteiger partial charge in [0.05, 0.1) is 0 Å². The molecule has 0 aliphatic heterocycles. The average molecular weight is 389 g/mol. The van der Waals surface area contributed by atoms with E-state index in [4.69, 9.17) is 0 Å². The van der Waals surface area contributed by atoms with E-state index in [2.05, 4.69) is 80.0 Å². The van der Waals surface area contributed by atoms with Gasteiger partial charge >= 0.3 is 0 Å². The molecule has 2 aromatic carbocycles. The Morgan fingerprint density at radius 1 is 1.07 bits per heavy atom. The van der Waals surface area contributed by atoms with Gasteiger partial charge in [0.2, 0.25) is 0 Å². The van der Waals surface area contributed by atoms with Gasteiger partial charge in [-0.2, -0.15) is 0 Å². The molecule has 3 nitrogen and oxygen atoms in total. The topological polar surface area (TPSA) is 34.0 Å². The van der Waals surface area contributed by atoms with Crippen LogP contribution in [0, 0.1) is 12.8 Å². The number of carbonyl (C=O) groups is 1. The molecule has 0 saturated heterocycles. The lowest BCUT2D eigenvalue weighted by molar-refractivity contribution is 0.0951. The van der Waals surface area contributed by atoms with Crippen molar-refractivity contribution in [1.29, 1.82) is 0 Å². The summed E-state index contributed by atoms with van der Waals surface area (Å²) in [5.74, 6) is 0.777. The van der Waals surface area contributed by atoms with Crippen LogP contribution < -0.4 is 5.32 Å². The molecule has 1 aliphatic rings. The van der Waals surface area contributed by atoms with Gasteiger partial charge < -0.3 is 9.88 Å². The molecule has 1 aliphatic carbocycles. The van der Waals surface area contributed by atoms with E-state index in [9.17, 15) is 4.79 Å². The van der Waals surface area contributed by atoms with Crippen LogP contribution in [0.5, 0.6) is 0 Å². The van der Waals surface area contributed by atoms with Crippen LogP contribution in [-0.2, 0) is 18.5 Å². The van der Waals surface area contributed by atoms with Gasteiger partial charge in [0.1, 0.15) is 0 Å². The highest BCUT2D eigenvalue weighted by Crippen LogP contribution is 2.31. The number of aromatic nitrogens is 1. The van der Waals surface area contributed by atoms with Crippen LogP contribution >= 0.6 is 0 Å². The van der Waals surface area contributed by atoms with E-state index >= 15 is 0 Å². The van der Waals surface area contributed by atoms with Crippen molar-refractivity contribution in [2.75, 3.05) is 0 Å². The quantitative estimate of drug-likeness (QED) is 0.573. The molecular weight excluding hydrogens is 356 g/mol. The largest absolute Gasteiger partial charge is 0.348 e. The molecule has 1 saturated carbocycles. The smallest absolute Gasteiger partial charge is 0.251 e. The number of aryl methyl sites for hydroxylation is 1. The Balaban J connectivity index is 1.47. The highest BCUT2D eigenvalue weighted by atomic mass is 16.1. The Hall–Kier alpha value is -2.55. The van der Waals surface area contributed by atoms with Crippen LogP contribution in [0.3, 0.4) is 0 Å². The minimum atomic E-state index is -0.0131. The van der Waals surface area contributed by atoms with Gasteiger partial charge in [-0.05, 0) is 65.8 Å². The monoisotopic (exact) mass is 388 g/mol. The first-order chi connectivity index (χ1) is 13.8. The first-order valence-corrected chi connectivity index (χ1v) is 10.8. The minimum absolute atomic E-state index is 0.0131. The molecule has 1 fully saturated rings. The summed E-state index contributed by atoms with van der Waals surface area (Å²) < 4.78 is 2.39. The fourth-order valence-corrected chi connectivity index (χ4v) is 4.12. The van der Waals surface area contributed by atoms with Crippen molar-refractivity contribution in [2.24, 2.45) is 5.92 Å². The van der Waals surface area contributed by atoms with Crippen molar-refractivity contribution in [3.05, 3.63) is 70.9 Å². The standard InChI is InChI=1S/C26H32N2O/c1-18-14-21-10-11-22(15-24(21)28(18)17-20-6-5-7-20)25(29)27-16-19-8-12-23(13-9-19)26(2,3)4/h8-15,20H,5-7,16-17H2,1-4H3,(H,27,29). The molecular formula is C26H32N2O. The number of nitrogens with one attached hydrogen (secondary N) is 1. The number of fused-ring (bicyclic) bond motifs is 1. The Morgan fingerprint density at radius 2 is 1.79 bits per heavy atom. The predicted octanol–water partition coefficient (Wildman–Crippen LogP) is 5.98. The minimum Gasteiger partial charge on any atom is -0.348 e. The molecule has 29 heavy (non-hydrogen) atoms. The van der Waals surface area contributed by atoms with E-state index in [1.807, 2.05) is 6.07 Å². The van der Waals surface area contributed by atoms with Crippen molar-refractivity contribution < 1.29 is 4.79 Å². The van der Waals surface area contributed by atoms with Crippen LogP contribution in [0.2, 0.25) is 0 Å². The van der Waals surface area contributed by atoms with Gasteiger partial charge in [-0.25, -0.2) is 0 Å². The molecule has 0 unspecified atom stereocenters. The number of amides is 1. The maximum Gasteiger partial charge on any atom is 0.251 e. The summed E-state index contributed by atoms with van der Waals surface area (Å²) in [4.78, 5) is 12.8. The van der Waals surface area contributed by atoms with E-state index in [0.717, 1.165) is 23.6 Å². The molecule has 1 amide bonds. The van der Waals surface area contributed by atoms with E-state index in [-0.39, 0.29) is 11.3 Å². The Labute approximate surface area is 174 Å². The third kappa shape index (κ3) is 4.24. The Morgan fingerprint density at radius 3 is 2.41 bits per heavy atom. The molecule has 0 atom stereocenters. The SMILES string of the molecule is Cc1cc2ccc(C(=O)NCc3ccc(C(C)(C)C)cc3)cc2n1CC1CCC1. The summed E-state index contributed by atoms with van der Waals surface area (Å²) >= 11 is 0. The maximum absolute atomic E-state index is 12.8. The van der Waals surface area contributed by atoms with E-state index in [0.29, 0.717) is 6.54 Å². The Bertz CT molecular complexity index is 1020. The average Bonchev–Trinajstić information content (AvgIpc) is 2.96. The number of rotatable bonds is 5. The molecule has 3 aromatic rings. The zero-order valence-electron chi connectivity index (χ0n) is 18.1. The lowest BCUT2D eigenvalue weighted by Gasteiger charge is -2.26. The van der Waals surface area contributed by atoms with Crippen molar-refractivity contribution >= 4 is 16.8 Å². The fourth-order valence-electron chi connectivity index (χ4n) is 4.12. The zero-order valence-corrected chi connectivity index (χ0v) is 18.1. The van der Waals surface area contributed by atoms with Crippen molar-refractivity contribution in [3.8, 4) is 0 Å². The summed E-state index contributed by atoms with van der Waals surface area (Å²) in [6, 6.07) is 16.8. The van der Waals surface area contributed by atoms with Gasteiger partial charge in [-0.1, -0.05) is 57.5 Å². The maximum atomic E-state index is 12.8. The van der Waals surface area contributed by atoms with Gasteiger partial charge in [-0.15, -0.1) is 0 Å². The number of benzene rings is 2. The highest BCUT2D eigenvalue weighted by molar-refractivity contribution is 5.98. The predicted molar refractivity (Wildman–Crippen MR) is 120 cm³/mol. The molecule has 4 rings (SSSR count). The zero-order chi connectivity index (χ0) is 20.6. The van der Waals surface area contributed by atoms with Crippen LogP contribution in [0.1, 0.15) is 67.2 Å². The lowest BCUT2D eigenvalue weighted by atomic mass is 9.85. The second-order valence-corrected chi connectivity index (χ2v) is 9.60. The Kier molecular flexibility index (Phi) is 5.24. The van der Waals surface area contributed by atoms with Crippen LogP contribution in [0.25, 0.3) is 10.9 Å². The molecule has 1 aromatic heterocycles. The molecule has 152 valence electrons. The first-order valence-electron chi connectivity index (χ1n) is 10.8. The molecule has 0 radical (unpaired) electrons. The van der Waals surface area contributed by atoms with Crippen LogP contribution in [-0.4, -0.2) is 10.5 Å². The third-order valence-corrected chi connectivity index (χ3v) is 6.31. The number of carbonyl (C=O) groups excluding carboxylic acids is 1. The molecule has 0 spiro atoms. The van der Waals surface area contributed by atoms with Gasteiger partial charge in [0, 0.05) is 29.9 Å². The normalized spacial score (nSPS) is 14.8. The van der Waals surface area contributed by atoms with Gasteiger partial charge in [-0.3, -0.25) is 4.79 Å². The van der Waals surface area contributed by atoms with Crippen molar-refractivity contribution in [1.82, 2.24) is 9.88 Å². The summed E-state index contributed by atoms with van der Waals surface area (Å²) in [5.41, 5.74) is 5.76. The van der Waals surface area contributed by atoms with E-state index in [1.165, 1.54) is 41.4 Å². The van der Waals surface area contributed by atoms with Crippen LogP contribution in [0.4, 0.5) is 0 Å². The lowest BCUT2D eigenvalue weighted by Crippen LogP contribution is -2.23. The van der Waals surface area contributed by atoms with E-state index in [1.54, 1.807) is 0 Å². The highest BCUT2D eigenvalue weighted by Gasteiger charge is 2.20. The molecule has 3 heteroatoms.